The molecule has 1 heterocycles. The molecule has 1 amide bonds. The van der Waals surface area contributed by atoms with E-state index in [1.54, 1.807) is 17.4 Å². The zero-order chi connectivity index (χ0) is 13.1. The largest absolute Gasteiger partial charge is 0.347 e. The number of carbonyl (C=O) groups is 1. The van der Waals surface area contributed by atoms with Gasteiger partial charge in [0.05, 0.1) is 12.1 Å². The molecule has 0 aliphatic carbocycles. The molecular weight excluding hydrogens is 317 g/mol. The maximum absolute atomic E-state index is 13.5. The van der Waals surface area contributed by atoms with E-state index < -0.39 is 11.7 Å². The number of rotatable bonds is 3. The fourth-order valence-corrected chi connectivity index (χ4v) is 2.72. The van der Waals surface area contributed by atoms with E-state index in [-0.39, 0.29) is 5.56 Å². The van der Waals surface area contributed by atoms with E-state index in [0.717, 1.165) is 10.4 Å². The van der Waals surface area contributed by atoms with E-state index >= 15 is 0 Å². The van der Waals surface area contributed by atoms with Crippen LogP contribution in [-0.4, -0.2) is 5.91 Å². The first-order valence-electron chi connectivity index (χ1n) is 5.34. The highest BCUT2D eigenvalue weighted by atomic mass is 79.9. The molecule has 2 aromatic rings. The van der Waals surface area contributed by atoms with E-state index in [2.05, 4.69) is 21.2 Å². The Morgan fingerprint density at radius 2 is 2.22 bits per heavy atom. The van der Waals surface area contributed by atoms with Crippen molar-refractivity contribution in [3.63, 3.8) is 0 Å². The molecule has 5 heteroatoms. The molecule has 0 saturated carbocycles. The van der Waals surface area contributed by atoms with E-state index in [0.29, 0.717) is 11.0 Å². The zero-order valence-corrected chi connectivity index (χ0v) is 12.1. The molecule has 18 heavy (non-hydrogen) atoms. The number of hydrogen-bond acceptors (Lipinski definition) is 2. The highest BCUT2D eigenvalue weighted by Gasteiger charge is 2.12. The van der Waals surface area contributed by atoms with E-state index in [1.165, 1.54) is 12.1 Å². The summed E-state index contributed by atoms with van der Waals surface area (Å²) in [6.45, 7) is 2.41. The molecule has 0 saturated heterocycles. The average molecular weight is 328 g/mol. The van der Waals surface area contributed by atoms with Gasteiger partial charge in [-0.15, -0.1) is 11.3 Å². The lowest BCUT2D eigenvalue weighted by Crippen LogP contribution is -2.23. The summed E-state index contributed by atoms with van der Waals surface area (Å²) in [4.78, 5) is 12.9. The topological polar surface area (TPSA) is 29.1 Å². The van der Waals surface area contributed by atoms with E-state index in [1.807, 2.05) is 18.4 Å². The van der Waals surface area contributed by atoms with Crippen LogP contribution in [0.2, 0.25) is 0 Å². The molecule has 94 valence electrons. The third-order valence-corrected chi connectivity index (χ3v) is 4.07. The number of thiophene rings is 1. The Balaban J connectivity index is 2.08. The standard InChI is InChI=1S/C13H11BrFNOS/c1-8-4-5-18-12(8)7-16-13(17)10-6-9(14)2-3-11(10)15/h2-6H,7H2,1H3,(H,16,17). The third kappa shape index (κ3) is 2.97. The Labute approximate surface area is 117 Å². The minimum Gasteiger partial charge on any atom is -0.347 e. The summed E-state index contributed by atoms with van der Waals surface area (Å²) in [6, 6.07) is 6.31. The quantitative estimate of drug-likeness (QED) is 0.910. The van der Waals surface area contributed by atoms with Crippen LogP contribution < -0.4 is 5.32 Å². The monoisotopic (exact) mass is 327 g/mol. The average Bonchev–Trinajstić information content (AvgIpc) is 2.75. The summed E-state index contributed by atoms with van der Waals surface area (Å²) in [5.74, 6) is -0.916. The van der Waals surface area contributed by atoms with Gasteiger partial charge in [-0.2, -0.15) is 0 Å². The van der Waals surface area contributed by atoms with Crippen molar-refractivity contribution in [1.29, 1.82) is 0 Å². The number of aryl methyl sites for hydroxylation is 1. The maximum atomic E-state index is 13.5. The summed E-state index contributed by atoms with van der Waals surface area (Å²) in [5, 5.41) is 4.69. The summed E-state index contributed by atoms with van der Waals surface area (Å²) >= 11 is 4.80. The third-order valence-electron chi connectivity index (χ3n) is 2.55. The minimum atomic E-state index is -0.515. The number of benzene rings is 1. The van der Waals surface area contributed by atoms with Crippen LogP contribution in [-0.2, 0) is 6.54 Å². The molecule has 1 aromatic carbocycles. The van der Waals surface area contributed by atoms with Crippen molar-refractivity contribution < 1.29 is 9.18 Å². The highest BCUT2D eigenvalue weighted by Crippen LogP contribution is 2.17. The smallest absolute Gasteiger partial charge is 0.254 e. The van der Waals surface area contributed by atoms with Crippen LogP contribution in [0.15, 0.2) is 34.1 Å². The second-order valence-corrected chi connectivity index (χ2v) is 5.75. The van der Waals surface area contributed by atoms with Crippen molar-refractivity contribution in [1.82, 2.24) is 5.32 Å². The molecular formula is C13H11BrFNOS. The molecule has 2 nitrogen and oxygen atoms in total. The predicted octanol–water partition coefficient (Wildman–Crippen LogP) is 3.89. The lowest BCUT2D eigenvalue weighted by Gasteiger charge is -2.06. The first-order chi connectivity index (χ1) is 8.58. The summed E-state index contributed by atoms with van der Waals surface area (Å²) in [5.41, 5.74) is 1.19. The van der Waals surface area contributed by atoms with Gasteiger partial charge in [-0.1, -0.05) is 15.9 Å². The molecule has 0 bridgehead atoms. The summed E-state index contributed by atoms with van der Waals surface area (Å²) in [7, 11) is 0. The van der Waals surface area contributed by atoms with Crippen molar-refractivity contribution >= 4 is 33.2 Å². The van der Waals surface area contributed by atoms with Gasteiger partial charge in [0.15, 0.2) is 0 Å². The van der Waals surface area contributed by atoms with Crippen LogP contribution in [0, 0.1) is 12.7 Å². The molecule has 2 rings (SSSR count). The molecule has 0 atom stereocenters. The SMILES string of the molecule is Cc1ccsc1CNC(=O)c1cc(Br)ccc1F. The van der Waals surface area contributed by atoms with Gasteiger partial charge in [0.1, 0.15) is 5.82 Å². The Morgan fingerprint density at radius 1 is 1.44 bits per heavy atom. The summed E-state index contributed by atoms with van der Waals surface area (Å²) in [6.07, 6.45) is 0. The maximum Gasteiger partial charge on any atom is 0.254 e. The number of nitrogens with one attached hydrogen (secondary N) is 1. The molecule has 0 aliphatic rings. The normalized spacial score (nSPS) is 10.4. The van der Waals surface area contributed by atoms with Crippen LogP contribution in [0.25, 0.3) is 0 Å². The van der Waals surface area contributed by atoms with Crippen LogP contribution in [0.4, 0.5) is 4.39 Å². The van der Waals surface area contributed by atoms with E-state index in [4.69, 9.17) is 0 Å². The number of hydrogen-bond donors (Lipinski definition) is 1. The Hall–Kier alpha value is -1.20. The van der Waals surface area contributed by atoms with Crippen LogP contribution >= 0.6 is 27.3 Å². The molecule has 0 radical (unpaired) electrons. The van der Waals surface area contributed by atoms with Gasteiger partial charge in [-0.3, -0.25) is 4.79 Å². The van der Waals surface area contributed by atoms with Gasteiger partial charge in [0, 0.05) is 9.35 Å². The molecule has 0 aliphatic heterocycles. The van der Waals surface area contributed by atoms with Gasteiger partial charge in [-0.05, 0) is 42.1 Å². The van der Waals surface area contributed by atoms with Gasteiger partial charge < -0.3 is 5.32 Å². The predicted molar refractivity (Wildman–Crippen MR) is 74.3 cm³/mol. The first-order valence-corrected chi connectivity index (χ1v) is 7.01. The van der Waals surface area contributed by atoms with Gasteiger partial charge in [-0.25, -0.2) is 4.39 Å². The number of amides is 1. The zero-order valence-electron chi connectivity index (χ0n) is 9.67. The molecule has 0 spiro atoms. The van der Waals surface area contributed by atoms with Crippen LogP contribution in [0.3, 0.4) is 0 Å². The van der Waals surface area contributed by atoms with Crippen LogP contribution in [0.1, 0.15) is 20.8 Å². The highest BCUT2D eigenvalue weighted by molar-refractivity contribution is 9.10. The van der Waals surface area contributed by atoms with Gasteiger partial charge in [0.25, 0.3) is 5.91 Å². The second-order valence-electron chi connectivity index (χ2n) is 3.83. The Morgan fingerprint density at radius 3 is 2.89 bits per heavy atom. The number of halogens is 2. The van der Waals surface area contributed by atoms with Crippen LogP contribution in [0.5, 0.6) is 0 Å². The first kappa shape index (κ1) is 13.2. The van der Waals surface area contributed by atoms with E-state index in [9.17, 15) is 9.18 Å². The Kier molecular flexibility index (Phi) is 4.14. The fourth-order valence-electron chi connectivity index (χ4n) is 1.51. The number of carbonyl (C=O) groups excluding carboxylic acids is 1. The minimum absolute atomic E-state index is 0.0542. The van der Waals surface area contributed by atoms with Crippen molar-refractivity contribution in [2.75, 3.05) is 0 Å². The molecule has 0 unspecified atom stereocenters. The van der Waals surface area contributed by atoms with Crippen molar-refractivity contribution in [3.8, 4) is 0 Å². The van der Waals surface area contributed by atoms with Crippen molar-refractivity contribution in [2.45, 2.75) is 13.5 Å². The lowest BCUT2D eigenvalue weighted by molar-refractivity contribution is 0.0947. The molecule has 1 aromatic heterocycles. The Bertz CT molecular complexity index is 582. The van der Waals surface area contributed by atoms with Gasteiger partial charge in [0.2, 0.25) is 0 Å². The lowest BCUT2D eigenvalue weighted by atomic mass is 10.2. The summed E-state index contributed by atoms with van der Waals surface area (Å²) < 4.78 is 14.2. The molecule has 1 N–H and O–H groups in total. The molecule has 0 fully saturated rings. The van der Waals surface area contributed by atoms with Crippen molar-refractivity contribution in [3.05, 3.63) is 55.9 Å². The second kappa shape index (κ2) is 5.63. The van der Waals surface area contributed by atoms with Crippen molar-refractivity contribution in [2.24, 2.45) is 0 Å². The van der Waals surface area contributed by atoms with Gasteiger partial charge >= 0.3 is 0 Å². The fraction of sp³-hybridized carbons (Fsp3) is 0.154.